The maximum Gasteiger partial charge on any atom is 0.157 e. The van der Waals surface area contributed by atoms with Gasteiger partial charge in [-0.25, -0.2) is 9.97 Å². The van der Waals surface area contributed by atoms with Crippen LogP contribution in [0.4, 0.5) is 11.5 Å². The van der Waals surface area contributed by atoms with Crippen LogP contribution in [0, 0.1) is 11.8 Å². The van der Waals surface area contributed by atoms with Gasteiger partial charge in [0.15, 0.2) is 11.0 Å². The van der Waals surface area contributed by atoms with Crippen LogP contribution in [0.25, 0.3) is 0 Å². The molecule has 1 heterocycles. The summed E-state index contributed by atoms with van der Waals surface area (Å²) in [4.78, 5) is 10.0. The number of nitrogens with two attached hydrogens (primary N) is 1. The molecule has 2 atom stereocenters. The molecule has 1 aromatic heterocycles. The van der Waals surface area contributed by atoms with Gasteiger partial charge in [-0.05, 0) is 18.3 Å². The number of hydrogen-bond donors (Lipinski definition) is 1. The van der Waals surface area contributed by atoms with Crippen LogP contribution in [0.15, 0.2) is 6.33 Å². The molecule has 1 fully saturated rings. The van der Waals surface area contributed by atoms with E-state index in [2.05, 4.69) is 21.8 Å². The molecule has 0 amide bonds. The Morgan fingerprint density at radius 3 is 2.87 bits per heavy atom. The van der Waals surface area contributed by atoms with Crippen LogP contribution < -0.4 is 10.6 Å². The predicted molar refractivity (Wildman–Crippen MR) is 62.0 cm³/mol. The normalized spacial score (nSPS) is 23.9. The SMILES string of the molecule is CC1CC1CN(C)c1ncnc(Cl)c1N. The van der Waals surface area contributed by atoms with Gasteiger partial charge in [-0.2, -0.15) is 0 Å². The molecule has 0 bridgehead atoms. The molecule has 5 heteroatoms. The maximum absolute atomic E-state index is 5.84. The smallest absolute Gasteiger partial charge is 0.157 e. The molecule has 2 rings (SSSR count). The molecule has 1 aliphatic rings. The van der Waals surface area contributed by atoms with Crippen molar-refractivity contribution < 1.29 is 0 Å². The number of aromatic nitrogens is 2. The van der Waals surface area contributed by atoms with Gasteiger partial charge < -0.3 is 10.6 Å². The van der Waals surface area contributed by atoms with E-state index >= 15 is 0 Å². The number of hydrogen-bond acceptors (Lipinski definition) is 4. The van der Waals surface area contributed by atoms with Crippen LogP contribution >= 0.6 is 11.6 Å². The fourth-order valence-corrected chi connectivity index (χ4v) is 1.89. The van der Waals surface area contributed by atoms with E-state index in [1.807, 2.05) is 7.05 Å². The van der Waals surface area contributed by atoms with E-state index in [0.717, 1.165) is 24.2 Å². The molecule has 0 spiro atoms. The molecule has 0 aromatic carbocycles. The lowest BCUT2D eigenvalue weighted by molar-refractivity contribution is 0.719. The Morgan fingerprint density at radius 1 is 1.60 bits per heavy atom. The Bertz CT molecular complexity index is 368. The fourth-order valence-electron chi connectivity index (χ4n) is 1.76. The number of nitrogen functional groups attached to an aromatic ring is 1. The highest BCUT2D eigenvalue weighted by Gasteiger charge is 2.33. The Labute approximate surface area is 94.5 Å². The molecule has 2 unspecified atom stereocenters. The Morgan fingerprint density at radius 2 is 2.27 bits per heavy atom. The third-order valence-corrected chi connectivity index (χ3v) is 3.26. The van der Waals surface area contributed by atoms with Gasteiger partial charge in [0, 0.05) is 13.6 Å². The molecule has 0 aliphatic heterocycles. The summed E-state index contributed by atoms with van der Waals surface area (Å²) < 4.78 is 0. The van der Waals surface area contributed by atoms with Crippen molar-refractivity contribution in [2.75, 3.05) is 24.2 Å². The zero-order chi connectivity index (χ0) is 11.0. The minimum absolute atomic E-state index is 0.329. The molecule has 1 saturated carbocycles. The largest absolute Gasteiger partial charge is 0.393 e. The molecule has 1 aromatic rings. The quantitative estimate of drug-likeness (QED) is 0.799. The van der Waals surface area contributed by atoms with Crippen LogP contribution in [0.3, 0.4) is 0 Å². The van der Waals surface area contributed by atoms with Gasteiger partial charge >= 0.3 is 0 Å². The highest BCUT2D eigenvalue weighted by atomic mass is 35.5. The average molecular weight is 227 g/mol. The van der Waals surface area contributed by atoms with E-state index in [1.54, 1.807) is 0 Å². The second kappa shape index (κ2) is 3.85. The van der Waals surface area contributed by atoms with Crippen molar-refractivity contribution in [1.82, 2.24) is 9.97 Å². The Kier molecular flexibility index (Phi) is 2.69. The van der Waals surface area contributed by atoms with Crippen molar-refractivity contribution in [1.29, 1.82) is 0 Å². The van der Waals surface area contributed by atoms with Gasteiger partial charge in [0.25, 0.3) is 0 Å². The van der Waals surface area contributed by atoms with Crippen molar-refractivity contribution in [2.24, 2.45) is 11.8 Å². The number of anilines is 2. The van der Waals surface area contributed by atoms with Gasteiger partial charge in [0.05, 0.1) is 0 Å². The molecule has 4 nitrogen and oxygen atoms in total. The molecule has 15 heavy (non-hydrogen) atoms. The Hall–Kier alpha value is -1.03. The van der Waals surface area contributed by atoms with Crippen molar-refractivity contribution in [2.45, 2.75) is 13.3 Å². The molecule has 0 saturated heterocycles. The average Bonchev–Trinajstić information content (AvgIpc) is 2.86. The van der Waals surface area contributed by atoms with Crippen molar-refractivity contribution in [3.05, 3.63) is 11.5 Å². The maximum atomic E-state index is 5.84. The van der Waals surface area contributed by atoms with E-state index in [0.29, 0.717) is 10.8 Å². The van der Waals surface area contributed by atoms with E-state index in [-0.39, 0.29) is 0 Å². The van der Waals surface area contributed by atoms with E-state index in [9.17, 15) is 0 Å². The lowest BCUT2D eigenvalue weighted by atomic mass is 10.3. The lowest BCUT2D eigenvalue weighted by Gasteiger charge is -2.19. The zero-order valence-electron chi connectivity index (χ0n) is 8.94. The van der Waals surface area contributed by atoms with Gasteiger partial charge in [-0.1, -0.05) is 18.5 Å². The predicted octanol–water partition coefficient (Wildman–Crippen LogP) is 1.80. The lowest BCUT2D eigenvalue weighted by Crippen LogP contribution is -2.23. The summed E-state index contributed by atoms with van der Waals surface area (Å²) in [5, 5.41) is 0.329. The van der Waals surface area contributed by atoms with Gasteiger partial charge in [0.1, 0.15) is 12.0 Å². The van der Waals surface area contributed by atoms with Gasteiger partial charge in [0.2, 0.25) is 0 Å². The summed E-state index contributed by atoms with van der Waals surface area (Å²) in [6.45, 7) is 3.24. The topological polar surface area (TPSA) is 55.0 Å². The van der Waals surface area contributed by atoms with Gasteiger partial charge in [-0.15, -0.1) is 0 Å². The molecule has 2 N–H and O–H groups in total. The highest BCUT2D eigenvalue weighted by Crippen LogP contribution is 2.39. The molecular formula is C10H15ClN4. The summed E-state index contributed by atoms with van der Waals surface area (Å²) in [6, 6.07) is 0. The van der Waals surface area contributed by atoms with Crippen LogP contribution in [0.1, 0.15) is 13.3 Å². The first-order valence-electron chi connectivity index (χ1n) is 5.06. The number of nitrogens with zero attached hydrogens (tertiary/aromatic N) is 3. The third kappa shape index (κ3) is 2.15. The summed E-state index contributed by atoms with van der Waals surface area (Å²) in [6.07, 6.45) is 2.74. The first-order chi connectivity index (χ1) is 7.09. The van der Waals surface area contributed by atoms with Crippen LogP contribution in [0.5, 0.6) is 0 Å². The molecule has 0 radical (unpaired) electrons. The van der Waals surface area contributed by atoms with Crippen molar-refractivity contribution in [3.63, 3.8) is 0 Å². The first kappa shape index (κ1) is 10.5. The second-order valence-corrected chi connectivity index (χ2v) is 4.61. The summed E-state index contributed by atoms with van der Waals surface area (Å²) in [5.41, 5.74) is 6.28. The van der Waals surface area contributed by atoms with Crippen LogP contribution in [-0.2, 0) is 0 Å². The standard InChI is InChI=1S/C10H15ClN4/c1-6-3-7(6)4-15(2)10-8(12)9(11)13-5-14-10/h5-7H,3-4,12H2,1-2H3. The summed E-state index contributed by atoms with van der Waals surface area (Å²) in [7, 11) is 1.99. The molecule has 82 valence electrons. The minimum atomic E-state index is 0.329. The first-order valence-corrected chi connectivity index (χ1v) is 5.44. The highest BCUT2D eigenvalue weighted by molar-refractivity contribution is 6.32. The number of halogens is 1. The monoisotopic (exact) mass is 226 g/mol. The fraction of sp³-hybridized carbons (Fsp3) is 0.600. The summed E-state index contributed by atoms with van der Waals surface area (Å²) >= 11 is 5.84. The third-order valence-electron chi connectivity index (χ3n) is 2.96. The summed E-state index contributed by atoms with van der Waals surface area (Å²) in [5.74, 6) is 2.32. The van der Waals surface area contributed by atoms with Crippen LogP contribution in [0.2, 0.25) is 5.15 Å². The zero-order valence-corrected chi connectivity index (χ0v) is 9.70. The Balaban J connectivity index is 2.11. The molecular weight excluding hydrogens is 212 g/mol. The van der Waals surface area contributed by atoms with Crippen LogP contribution in [-0.4, -0.2) is 23.6 Å². The van der Waals surface area contributed by atoms with E-state index < -0.39 is 0 Å². The number of rotatable bonds is 3. The van der Waals surface area contributed by atoms with E-state index in [4.69, 9.17) is 17.3 Å². The van der Waals surface area contributed by atoms with Gasteiger partial charge in [-0.3, -0.25) is 0 Å². The second-order valence-electron chi connectivity index (χ2n) is 4.26. The minimum Gasteiger partial charge on any atom is -0.393 e. The van der Waals surface area contributed by atoms with Crippen molar-refractivity contribution in [3.8, 4) is 0 Å². The van der Waals surface area contributed by atoms with E-state index in [1.165, 1.54) is 12.7 Å². The molecule has 1 aliphatic carbocycles. The van der Waals surface area contributed by atoms with Crippen molar-refractivity contribution >= 4 is 23.1 Å².